The van der Waals surface area contributed by atoms with Gasteiger partial charge in [-0.2, -0.15) is 0 Å². The van der Waals surface area contributed by atoms with E-state index in [1.807, 2.05) is 20.8 Å². The lowest BCUT2D eigenvalue weighted by molar-refractivity contribution is -0.137. The fourth-order valence-electron chi connectivity index (χ4n) is 1.95. The van der Waals surface area contributed by atoms with Crippen LogP contribution in [0.5, 0.6) is 0 Å². The highest BCUT2D eigenvalue weighted by atomic mass is 16.2. The monoisotopic (exact) mass is 241 g/mol. The van der Waals surface area contributed by atoms with E-state index in [1.54, 1.807) is 11.9 Å². The first-order valence-corrected chi connectivity index (χ1v) is 6.11. The van der Waals surface area contributed by atoms with Gasteiger partial charge in [0.15, 0.2) is 0 Å². The van der Waals surface area contributed by atoms with E-state index in [0.29, 0.717) is 6.54 Å². The van der Waals surface area contributed by atoms with Crippen LogP contribution >= 0.6 is 0 Å². The molecule has 2 N–H and O–H groups in total. The van der Waals surface area contributed by atoms with Crippen LogP contribution in [-0.4, -0.2) is 48.4 Å². The van der Waals surface area contributed by atoms with Crippen molar-refractivity contribution < 1.29 is 9.59 Å². The maximum Gasteiger partial charge on any atom is 0.242 e. The van der Waals surface area contributed by atoms with Gasteiger partial charge in [0.05, 0.1) is 6.54 Å². The summed E-state index contributed by atoms with van der Waals surface area (Å²) in [5.41, 5.74) is -0.0854. The quantitative estimate of drug-likeness (QED) is 0.737. The van der Waals surface area contributed by atoms with Gasteiger partial charge in [0.2, 0.25) is 11.8 Å². The van der Waals surface area contributed by atoms with E-state index < -0.39 is 0 Å². The molecule has 2 amide bonds. The molecule has 1 aliphatic heterocycles. The molecule has 1 unspecified atom stereocenters. The van der Waals surface area contributed by atoms with E-state index in [0.717, 1.165) is 12.8 Å². The number of carbonyl (C=O) groups excluding carboxylic acids is 2. The van der Waals surface area contributed by atoms with Crippen molar-refractivity contribution in [1.82, 2.24) is 15.5 Å². The lowest BCUT2D eigenvalue weighted by Gasteiger charge is -2.26. The molecule has 0 aromatic carbocycles. The number of nitrogens with zero attached hydrogens (tertiary/aromatic N) is 1. The van der Waals surface area contributed by atoms with Gasteiger partial charge in [-0.1, -0.05) is 0 Å². The third-order valence-corrected chi connectivity index (χ3v) is 2.89. The predicted octanol–water partition coefficient (Wildman–Crippen LogP) is 0.112. The summed E-state index contributed by atoms with van der Waals surface area (Å²) in [7, 11) is 1.61. The minimum atomic E-state index is -0.283. The molecule has 1 rings (SSSR count). The summed E-state index contributed by atoms with van der Waals surface area (Å²) < 4.78 is 0. The van der Waals surface area contributed by atoms with Gasteiger partial charge in [0, 0.05) is 19.1 Å². The Morgan fingerprint density at radius 3 is 2.53 bits per heavy atom. The van der Waals surface area contributed by atoms with Gasteiger partial charge in [-0.15, -0.1) is 0 Å². The molecule has 5 heteroatoms. The first-order valence-electron chi connectivity index (χ1n) is 6.11. The van der Waals surface area contributed by atoms with Crippen LogP contribution in [0.3, 0.4) is 0 Å². The van der Waals surface area contributed by atoms with Crippen molar-refractivity contribution in [1.29, 1.82) is 0 Å². The Hall–Kier alpha value is -1.10. The summed E-state index contributed by atoms with van der Waals surface area (Å²) in [6.07, 6.45) is 1.67. The lowest BCUT2D eigenvalue weighted by Crippen LogP contribution is -2.50. The van der Waals surface area contributed by atoms with E-state index in [-0.39, 0.29) is 29.9 Å². The van der Waals surface area contributed by atoms with Crippen molar-refractivity contribution >= 4 is 11.8 Å². The summed E-state index contributed by atoms with van der Waals surface area (Å²) in [5.74, 6) is -0.0577. The third kappa shape index (κ3) is 4.00. The predicted molar refractivity (Wildman–Crippen MR) is 66.6 cm³/mol. The van der Waals surface area contributed by atoms with Crippen molar-refractivity contribution in [2.45, 2.75) is 45.2 Å². The zero-order valence-electron chi connectivity index (χ0n) is 11.2. The highest BCUT2D eigenvalue weighted by Crippen LogP contribution is 2.17. The molecule has 5 nitrogen and oxygen atoms in total. The molecule has 1 fully saturated rings. The molecule has 98 valence electrons. The third-order valence-electron chi connectivity index (χ3n) is 2.89. The summed E-state index contributed by atoms with van der Waals surface area (Å²) in [5, 5.41) is 5.76. The molecular weight excluding hydrogens is 218 g/mol. The van der Waals surface area contributed by atoms with Crippen molar-refractivity contribution in [3.63, 3.8) is 0 Å². The maximum absolute atomic E-state index is 12.0. The number of hydrogen-bond donors (Lipinski definition) is 2. The molecule has 0 spiro atoms. The first-order chi connectivity index (χ1) is 7.85. The van der Waals surface area contributed by atoms with Gasteiger partial charge in [-0.25, -0.2) is 0 Å². The van der Waals surface area contributed by atoms with E-state index in [2.05, 4.69) is 10.6 Å². The second-order valence-corrected chi connectivity index (χ2v) is 5.46. The molecule has 0 aromatic heterocycles. The number of hydrogen-bond acceptors (Lipinski definition) is 3. The minimum Gasteiger partial charge on any atom is -0.357 e. The molecular formula is C12H23N3O2. The Balaban J connectivity index is 2.53. The molecule has 0 aliphatic carbocycles. The van der Waals surface area contributed by atoms with Crippen LogP contribution in [0, 0.1) is 0 Å². The van der Waals surface area contributed by atoms with E-state index >= 15 is 0 Å². The lowest BCUT2D eigenvalue weighted by atomic mass is 10.1. The Morgan fingerprint density at radius 1 is 1.35 bits per heavy atom. The number of nitrogens with one attached hydrogen (secondary N) is 2. The van der Waals surface area contributed by atoms with Crippen LogP contribution in [0.1, 0.15) is 33.6 Å². The topological polar surface area (TPSA) is 61.4 Å². The molecule has 1 heterocycles. The molecule has 1 atom stereocenters. The summed E-state index contributed by atoms with van der Waals surface area (Å²) in [6, 6.07) is -0.283. The number of likely N-dealkylation sites (N-methyl/N-ethyl adjacent to an activating group) is 1. The van der Waals surface area contributed by atoms with Crippen LogP contribution in [0.25, 0.3) is 0 Å². The summed E-state index contributed by atoms with van der Waals surface area (Å²) in [4.78, 5) is 25.3. The van der Waals surface area contributed by atoms with E-state index in [4.69, 9.17) is 0 Å². The van der Waals surface area contributed by atoms with Crippen LogP contribution < -0.4 is 10.6 Å². The first kappa shape index (κ1) is 14.0. The smallest absolute Gasteiger partial charge is 0.242 e. The van der Waals surface area contributed by atoms with Gasteiger partial charge in [-0.05, 0) is 33.6 Å². The zero-order chi connectivity index (χ0) is 13.1. The van der Waals surface area contributed by atoms with E-state index in [1.165, 1.54) is 0 Å². The molecule has 17 heavy (non-hydrogen) atoms. The molecule has 0 aromatic rings. The van der Waals surface area contributed by atoms with Gasteiger partial charge >= 0.3 is 0 Å². The molecule has 0 radical (unpaired) electrons. The number of amides is 2. The Morgan fingerprint density at radius 2 is 2.00 bits per heavy atom. The van der Waals surface area contributed by atoms with Crippen molar-refractivity contribution in [2.24, 2.45) is 0 Å². The average molecular weight is 241 g/mol. The highest BCUT2D eigenvalue weighted by molar-refractivity contribution is 5.88. The van der Waals surface area contributed by atoms with Crippen LogP contribution in [0.2, 0.25) is 0 Å². The maximum atomic E-state index is 12.0. The summed E-state index contributed by atoms with van der Waals surface area (Å²) in [6.45, 7) is 7.02. The van der Waals surface area contributed by atoms with Crippen molar-refractivity contribution in [3.05, 3.63) is 0 Å². The van der Waals surface area contributed by atoms with Crippen molar-refractivity contribution in [3.8, 4) is 0 Å². The second-order valence-electron chi connectivity index (χ2n) is 5.46. The fraction of sp³-hybridized carbons (Fsp3) is 0.833. The minimum absolute atomic E-state index is 0.00558. The molecule has 1 aliphatic rings. The Kier molecular flexibility index (Phi) is 4.51. The van der Waals surface area contributed by atoms with Crippen LogP contribution in [0.15, 0.2) is 0 Å². The number of carbonyl (C=O) groups is 2. The molecule has 0 saturated carbocycles. The Bertz CT molecular complexity index is 297. The normalized spacial score (nSPS) is 20.5. The molecule has 1 saturated heterocycles. The number of rotatable bonds is 3. The average Bonchev–Trinajstić information content (AvgIpc) is 2.72. The van der Waals surface area contributed by atoms with Gasteiger partial charge in [-0.3, -0.25) is 9.59 Å². The Labute approximate surface area is 103 Å². The fourth-order valence-corrected chi connectivity index (χ4v) is 1.95. The van der Waals surface area contributed by atoms with Gasteiger partial charge in [0.1, 0.15) is 6.04 Å². The van der Waals surface area contributed by atoms with Gasteiger partial charge < -0.3 is 15.5 Å². The SMILES string of the molecule is CNC(=O)C1CCCN1C(=O)CNC(C)(C)C. The zero-order valence-corrected chi connectivity index (χ0v) is 11.2. The summed E-state index contributed by atoms with van der Waals surface area (Å²) >= 11 is 0. The highest BCUT2D eigenvalue weighted by Gasteiger charge is 2.33. The largest absolute Gasteiger partial charge is 0.357 e. The standard InChI is InChI=1S/C12H23N3O2/c1-12(2,3)14-8-10(16)15-7-5-6-9(15)11(17)13-4/h9,14H,5-8H2,1-4H3,(H,13,17). The van der Waals surface area contributed by atoms with Gasteiger partial charge in [0.25, 0.3) is 0 Å². The second kappa shape index (κ2) is 5.49. The van der Waals surface area contributed by atoms with Crippen LogP contribution in [0.4, 0.5) is 0 Å². The van der Waals surface area contributed by atoms with Crippen LogP contribution in [-0.2, 0) is 9.59 Å². The van der Waals surface area contributed by atoms with Crippen molar-refractivity contribution in [2.75, 3.05) is 20.1 Å². The molecule has 0 bridgehead atoms. The van der Waals surface area contributed by atoms with E-state index in [9.17, 15) is 9.59 Å². The number of likely N-dealkylation sites (tertiary alicyclic amines) is 1.